The number of rotatable bonds is 7. The summed E-state index contributed by atoms with van der Waals surface area (Å²) in [7, 11) is 0. The van der Waals surface area contributed by atoms with E-state index in [0.29, 0.717) is 17.7 Å². The second-order valence-corrected chi connectivity index (χ2v) is 6.33. The summed E-state index contributed by atoms with van der Waals surface area (Å²) in [5, 5.41) is 0. The molecule has 2 N–H and O–H groups in total. The molecule has 3 aromatic rings. The highest BCUT2D eigenvalue weighted by Crippen LogP contribution is 2.23. The topological polar surface area (TPSA) is 72.6 Å². The quantitative estimate of drug-likeness (QED) is 0.680. The lowest BCUT2D eigenvalue weighted by atomic mass is 10.0. The summed E-state index contributed by atoms with van der Waals surface area (Å²) in [6.07, 6.45) is -0.0452. The molecule has 0 saturated carbocycles. The number of primary amides is 1. The van der Waals surface area contributed by atoms with E-state index in [1.54, 1.807) is 36.4 Å². The minimum Gasteiger partial charge on any atom is -0.410 e. The van der Waals surface area contributed by atoms with E-state index in [4.69, 9.17) is 10.5 Å². The summed E-state index contributed by atoms with van der Waals surface area (Å²) < 4.78 is 5.50. The molecule has 3 rings (SSSR count). The first-order valence-corrected chi connectivity index (χ1v) is 9.07. The third kappa shape index (κ3) is 4.98. The average Bonchev–Trinajstić information content (AvgIpc) is 2.73. The first-order chi connectivity index (χ1) is 13.6. The van der Waals surface area contributed by atoms with Crippen LogP contribution in [0.3, 0.4) is 0 Å². The zero-order chi connectivity index (χ0) is 19.8. The first kappa shape index (κ1) is 19.2. The van der Waals surface area contributed by atoms with Crippen LogP contribution in [0.15, 0.2) is 91.0 Å². The van der Waals surface area contributed by atoms with Crippen molar-refractivity contribution in [1.82, 2.24) is 4.90 Å². The Labute approximate surface area is 164 Å². The Kier molecular flexibility index (Phi) is 6.41. The molecule has 0 bridgehead atoms. The highest BCUT2D eigenvalue weighted by molar-refractivity contribution is 5.86. The smallest absolute Gasteiger partial charge is 0.410 e. The van der Waals surface area contributed by atoms with E-state index in [1.165, 1.54) is 4.90 Å². The van der Waals surface area contributed by atoms with Gasteiger partial charge in [0.05, 0.1) is 0 Å². The molecular weight excluding hydrogens is 352 g/mol. The van der Waals surface area contributed by atoms with Crippen LogP contribution in [0, 0.1) is 0 Å². The molecule has 142 valence electrons. The van der Waals surface area contributed by atoms with Crippen molar-refractivity contribution in [2.24, 2.45) is 5.73 Å². The summed E-state index contributed by atoms with van der Waals surface area (Å²) in [6, 6.07) is 26.6. The molecule has 28 heavy (non-hydrogen) atoms. The molecule has 5 nitrogen and oxygen atoms in total. The molecule has 1 unspecified atom stereocenters. The molecule has 0 spiro atoms. The van der Waals surface area contributed by atoms with Gasteiger partial charge in [-0.3, -0.25) is 9.69 Å². The van der Waals surface area contributed by atoms with Crippen molar-refractivity contribution in [2.45, 2.75) is 12.5 Å². The number of para-hydroxylation sites is 1. The van der Waals surface area contributed by atoms with Gasteiger partial charge in [-0.05, 0) is 29.7 Å². The fourth-order valence-electron chi connectivity index (χ4n) is 3.00. The Balaban J connectivity index is 1.87. The first-order valence-electron chi connectivity index (χ1n) is 9.07. The zero-order valence-electron chi connectivity index (χ0n) is 15.4. The number of carbonyl (C=O) groups is 2. The van der Waals surface area contributed by atoms with Gasteiger partial charge < -0.3 is 10.5 Å². The maximum absolute atomic E-state index is 12.9. The molecule has 0 aliphatic heterocycles. The van der Waals surface area contributed by atoms with Crippen LogP contribution in [0.4, 0.5) is 4.79 Å². The molecule has 1 atom stereocenters. The van der Waals surface area contributed by atoms with Crippen LogP contribution >= 0.6 is 0 Å². The number of hydrogen-bond acceptors (Lipinski definition) is 3. The molecule has 0 saturated heterocycles. The molecule has 5 heteroatoms. The summed E-state index contributed by atoms with van der Waals surface area (Å²) in [5.74, 6) is -0.197. The van der Waals surface area contributed by atoms with Gasteiger partial charge in [-0.1, -0.05) is 78.9 Å². The predicted molar refractivity (Wildman–Crippen MR) is 108 cm³/mol. The van der Waals surface area contributed by atoms with E-state index >= 15 is 0 Å². The minimum absolute atomic E-state index is 0.290. The van der Waals surface area contributed by atoms with Crippen LogP contribution in [-0.2, 0) is 11.2 Å². The normalized spacial score (nSPS) is 11.4. The molecule has 0 aromatic heterocycles. The average molecular weight is 374 g/mol. The minimum atomic E-state index is -0.916. The third-order valence-corrected chi connectivity index (χ3v) is 4.36. The molecule has 0 fully saturated rings. The third-order valence-electron chi connectivity index (χ3n) is 4.36. The van der Waals surface area contributed by atoms with E-state index < -0.39 is 18.0 Å². The lowest BCUT2D eigenvalue weighted by Gasteiger charge is -2.29. The van der Waals surface area contributed by atoms with Crippen LogP contribution in [0.5, 0.6) is 5.75 Å². The molecule has 0 radical (unpaired) electrons. The van der Waals surface area contributed by atoms with E-state index in [9.17, 15) is 9.59 Å². The number of ether oxygens (including phenoxy) is 1. The monoisotopic (exact) mass is 374 g/mol. The van der Waals surface area contributed by atoms with Gasteiger partial charge in [-0.25, -0.2) is 4.79 Å². The SMILES string of the molecule is NC(=O)C(c1ccccc1)N(CCc1ccccc1)C(=O)Oc1ccccc1. The van der Waals surface area contributed by atoms with Gasteiger partial charge in [0.1, 0.15) is 11.8 Å². The van der Waals surface area contributed by atoms with Gasteiger partial charge in [0, 0.05) is 6.54 Å². The fourth-order valence-corrected chi connectivity index (χ4v) is 3.00. The molecule has 0 aliphatic rings. The molecule has 3 aromatic carbocycles. The second-order valence-electron chi connectivity index (χ2n) is 6.33. The zero-order valence-corrected chi connectivity index (χ0v) is 15.4. The van der Waals surface area contributed by atoms with Gasteiger partial charge in [0.2, 0.25) is 5.91 Å². The van der Waals surface area contributed by atoms with Gasteiger partial charge in [0.15, 0.2) is 0 Å². The van der Waals surface area contributed by atoms with E-state index in [1.807, 2.05) is 54.6 Å². The van der Waals surface area contributed by atoms with Crippen LogP contribution in [0.2, 0.25) is 0 Å². The highest BCUT2D eigenvalue weighted by atomic mass is 16.6. The van der Waals surface area contributed by atoms with Gasteiger partial charge in [-0.15, -0.1) is 0 Å². The standard InChI is InChI=1S/C23H22N2O3/c24-22(26)21(19-12-6-2-7-13-19)25(17-16-18-10-4-1-5-11-18)23(27)28-20-14-8-3-9-15-20/h1-15,21H,16-17H2,(H2,24,26). The number of benzene rings is 3. The van der Waals surface area contributed by atoms with Crippen LogP contribution < -0.4 is 10.5 Å². The van der Waals surface area contributed by atoms with E-state index in [-0.39, 0.29) is 6.54 Å². The van der Waals surface area contributed by atoms with Crippen LogP contribution in [0.25, 0.3) is 0 Å². The predicted octanol–water partition coefficient (Wildman–Crippen LogP) is 3.96. The summed E-state index contributed by atoms with van der Waals surface area (Å²) >= 11 is 0. The molecular formula is C23H22N2O3. The van der Waals surface area contributed by atoms with Crippen molar-refractivity contribution in [3.05, 3.63) is 102 Å². The van der Waals surface area contributed by atoms with Gasteiger partial charge >= 0.3 is 6.09 Å². The molecule has 0 aliphatic carbocycles. The maximum Gasteiger partial charge on any atom is 0.416 e. The number of carbonyl (C=O) groups excluding carboxylic acids is 2. The van der Waals surface area contributed by atoms with Gasteiger partial charge in [0.25, 0.3) is 0 Å². The highest BCUT2D eigenvalue weighted by Gasteiger charge is 2.31. The maximum atomic E-state index is 12.9. The number of nitrogens with two attached hydrogens (primary N) is 1. The molecule has 0 heterocycles. The van der Waals surface area contributed by atoms with Crippen molar-refractivity contribution in [3.63, 3.8) is 0 Å². The Morgan fingerprint density at radius 1 is 0.821 bits per heavy atom. The lowest BCUT2D eigenvalue weighted by Crippen LogP contribution is -2.44. The van der Waals surface area contributed by atoms with Crippen LogP contribution in [0.1, 0.15) is 17.2 Å². The second kappa shape index (κ2) is 9.37. The van der Waals surface area contributed by atoms with Crippen molar-refractivity contribution < 1.29 is 14.3 Å². The Hall–Kier alpha value is -3.60. The summed E-state index contributed by atoms with van der Waals surface area (Å²) in [5.41, 5.74) is 7.38. The van der Waals surface area contributed by atoms with Crippen molar-refractivity contribution in [3.8, 4) is 5.75 Å². The fraction of sp³-hybridized carbons (Fsp3) is 0.130. The lowest BCUT2D eigenvalue weighted by molar-refractivity contribution is -0.122. The summed E-state index contributed by atoms with van der Waals surface area (Å²) in [6.45, 7) is 0.290. The number of nitrogens with zero attached hydrogens (tertiary/aromatic N) is 1. The van der Waals surface area contributed by atoms with E-state index in [2.05, 4.69) is 0 Å². The van der Waals surface area contributed by atoms with Gasteiger partial charge in [-0.2, -0.15) is 0 Å². The largest absolute Gasteiger partial charge is 0.416 e. The Bertz CT molecular complexity index is 899. The van der Waals surface area contributed by atoms with E-state index in [0.717, 1.165) is 5.56 Å². The summed E-state index contributed by atoms with van der Waals surface area (Å²) in [4.78, 5) is 26.6. The molecule has 2 amide bonds. The number of hydrogen-bond donors (Lipinski definition) is 1. The van der Waals surface area contributed by atoms with Crippen molar-refractivity contribution in [1.29, 1.82) is 0 Å². The van der Waals surface area contributed by atoms with Crippen molar-refractivity contribution in [2.75, 3.05) is 6.54 Å². The Morgan fingerprint density at radius 2 is 1.36 bits per heavy atom. The van der Waals surface area contributed by atoms with Crippen LogP contribution in [-0.4, -0.2) is 23.4 Å². The van der Waals surface area contributed by atoms with Crippen molar-refractivity contribution >= 4 is 12.0 Å². The number of amides is 2. The Morgan fingerprint density at radius 3 is 1.93 bits per heavy atom.